The Balaban J connectivity index is 0.00000320. The normalized spacial score (nSPS) is 14.7. The molecule has 3 rings (SSSR count). The highest BCUT2D eigenvalue weighted by molar-refractivity contribution is 14.0. The van der Waals surface area contributed by atoms with Crippen LogP contribution in [0.25, 0.3) is 0 Å². The minimum atomic E-state index is -0.0340. The Morgan fingerprint density at radius 2 is 1.67 bits per heavy atom. The van der Waals surface area contributed by atoms with Gasteiger partial charge in [-0.25, -0.2) is 0 Å². The number of hydrogen-bond donors (Lipinski definition) is 2. The molecule has 0 unspecified atom stereocenters. The van der Waals surface area contributed by atoms with Gasteiger partial charge in [0, 0.05) is 58.4 Å². The first-order valence-corrected chi connectivity index (χ1v) is 10.3. The number of halogens is 1. The maximum absolute atomic E-state index is 12.0. The predicted octanol–water partition coefficient (Wildman–Crippen LogP) is 2.95. The highest BCUT2D eigenvalue weighted by Gasteiger charge is 2.19. The Morgan fingerprint density at radius 3 is 2.33 bits per heavy atom. The maximum atomic E-state index is 12.0. The van der Waals surface area contributed by atoms with Crippen molar-refractivity contribution in [2.45, 2.75) is 20.0 Å². The number of hydrogen-bond acceptors (Lipinski definition) is 3. The lowest BCUT2D eigenvalue weighted by molar-refractivity contribution is 0.0955. The lowest BCUT2D eigenvalue weighted by Gasteiger charge is -2.36. The van der Waals surface area contributed by atoms with Gasteiger partial charge in [-0.2, -0.15) is 0 Å². The van der Waals surface area contributed by atoms with Gasteiger partial charge in [0.05, 0.1) is 0 Å². The zero-order valence-electron chi connectivity index (χ0n) is 17.8. The van der Waals surface area contributed by atoms with Crippen LogP contribution >= 0.6 is 24.0 Å². The predicted molar refractivity (Wildman–Crippen MR) is 133 cm³/mol. The van der Waals surface area contributed by atoms with Crippen molar-refractivity contribution in [3.63, 3.8) is 0 Å². The minimum absolute atomic E-state index is 0. The molecule has 1 heterocycles. The van der Waals surface area contributed by atoms with Crippen LogP contribution in [0.4, 0.5) is 0 Å². The Morgan fingerprint density at radius 1 is 0.967 bits per heavy atom. The quantitative estimate of drug-likeness (QED) is 0.349. The molecule has 30 heavy (non-hydrogen) atoms. The number of carbonyl (C=O) groups is 1. The molecule has 2 aromatic carbocycles. The van der Waals surface area contributed by atoms with E-state index in [9.17, 15) is 4.79 Å². The molecule has 162 valence electrons. The van der Waals surface area contributed by atoms with Crippen molar-refractivity contribution >= 4 is 35.8 Å². The number of amides is 1. The van der Waals surface area contributed by atoms with Crippen molar-refractivity contribution in [1.29, 1.82) is 0 Å². The van der Waals surface area contributed by atoms with Gasteiger partial charge < -0.3 is 15.5 Å². The molecule has 1 saturated heterocycles. The van der Waals surface area contributed by atoms with E-state index < -0.39 is 0 Å². The summed E-state index contributed by atoms with van der Waals surface area (Å²) in [7, 11) is 1.82. The molecule has 2 N–H and O–H groups in total. The summed E-state index contributed by atoms with van der Waals surface area (Å²) in [6.07, 6.45) is 0. The number of rotatable bonds is 6. The average Bonchev–Trinajstić information content (AvgIpc) is 2.76. The first-order chi connectivity index (χ1) is 14.2. The third-order valence-corrected chi connectivity index (χ3v) is 5.11. The third kappa shape index (κ3) is 6.98. The molecule has 0 aromatic heterocycles. The zero-order chi connectivity index (χ0) is 20.5. The summed E-state index contributed by atoms with van der Waals surface area (Å²) in [4.78, 5) is 21.3. The molecule has 0 saturated carbocycles. The van der Waals surface area contributed by atoms with E-state index in [2.05, 4.69) is 55.8 Å². The monoisotopic (exact) mass is 521 g/mol. The number of guanidine groups is 1. The summed E-state index contributed by atoms with van der Waals surface area (Å²) in [6.45, 7) is 8.12. The molecule has 1 aliphatic heterocycles. The number of aliphatic imine (C=N–C) groups is 1. The van der Waals surface area contributed by atoms with Crippen LogP contribution in [0, 0.1) is 0 Å². The van der Waals surface area contributed by atoms with Crippen LogP contribution in [-0.2, 0) is 13.1 Å². The Bertz CT molecular complexity index is 819. The highest BCUT2D eigenvalue weighted by atomic mass is 127. The molecule has 7 heteroatoms. The first-order valence-electron chi connectivity index (χ1n) is 10.3. The molecule has 2 aromatic rings. The molecule has 1 aliphatic rings. The van der Waals surface area contributed by atoms with Gasteiger partial charge in [0.1, 0.15) is 0 Å². The largest absolute Gasteiger partial charge is 0.352 e. The molecule has 0 atom stereocenters. The van der Waals surface area contributed by atoms with Crippen molar-refractivity contribution in [2.75, 3.05) is 39.8 Å². The fourth-order valence-electron chi connectivity index (χ4n) is 3.56. The molecule has 1 amide bonds. The summed E-state index contributed by atoms with van der Waals surface area (Å²) in [5.41, 5.74) is 3.11. The fourth-order valence-corrected chi connectivity index (χ4v) is 3.56. The lowest BCUT2D eigenvalue weighted by Crippen LogP contribution is -2.52. The second-order valence-electron chi connectivity index (χ2n) is 7.21. The van der Waals surface area contributed by atoms with Crippen LogP contribution in [-0.4, -0.2) is 61.4 Å². The van der Waals surface area contributed by atoms with E-state index >= 15 is 0 Å². The number of nitrogens with zero attached hydrogens (tertiary/aromatic N) is 3. The summed E-state index contributed by atoms with van der Waals surface area (Å²) in [5, 5.41) is 6.29. The number of benzene rings is 2. The molecule has 0 aliphatic carbocycles. The Kier molecular flexibility index (Phi) is 10.1. The van der Waals surface area contributed by atoms with Crippen LogP contribution in [0.2, 0.25) is 0 Å². The molecule has 0 spiro atoms. The van der Waals surface area contributed by atoms with Gasteiger partial charge in [0.25, 0.3) is 5.91 Å². The minimum Gasteiger partial charge on any atom is -0.352 e. The highest BCUT2D eigenvalue weighted by Crippen LogP contribution is 2.09. The van der Waals surface area contributed by atoms with E-state index in [1.807, 2.05) is 38.2 Å². The van der Waals surface area contributed by atoms with Crippen molar-refractivity contribution in [3.05, 3.63) is 71.3 Å². The standard InChI is InChI=1S/C23H31N5O.HI/c1-3-25-22(29)21-11-7-10-20(16-21)17-26-23(24-2)28-14-12-27(13-15-28)18-19-8-5-4-6-9-19;/h4-11,16H,3,12-15,17-18H2,1-2H3,(H,24,26)(H,25,29);1H. The first kappa shape index (κ1) is 24.1. The Labute approximate surface area is 196 Å². The zero-order valence-corrected chi connectivity index (χ0v) is 20.1. The lowest BCUT2D eigenvalue weighted by atomic mass is 10.1. The molecule has 1 fully saturated rings. The Hall–Kier alpha value is -2.13. The van der Waals surface area contributed by atoms with Crippen LogP contribution < -0.4 is 10.6 Å². The second kappa shape index (κ2) is 12.5. The second-order valence-corrected chi connectivity index (χ2v) is 7.21. The summed E-state index contributed by atoms with van der Waals surface area (Å²) in [6, 6.07) is 18.3. The van der Waals surface area contributed by atoms with E-state index in [1.54, 1.807) is 0 Å². The van der Waals surface area contributed by atoms with Crippen molar-refractivity contribution < 1.29 is 4.79 Å². The maximum Gasteiger partial charge on any atom is 0.251 e. The van der Waals surface area contributed by atoms with Gasteiger partial charge in [-0.05, 0) is 30.2 Å². The van der Waals surface area contributed by atoms with Crippen LogP contribution in [0.5, 0.6) is 0 Å². The SMILES string of the molecule is CCNC(=O)c1cccc(CNC(=NC)N2CCN(Cc3ccccc3)CC2)c1.I. The third-order valence-electron chi connectivity index (χ3n) is 5.11. The number of carbonyl (C=O) groups excluding carboxylic acids is 1. The van der Waals surface area contributed by atoms with Crippen LogP contribution in [0.15, 0.2) is 59.6 Å². The molecule has 0 bridgehead atoms. The summed E-state index contributed by atoms with van der Waals surface area (Å²) in [5.74, 6) is 0.876. The van der Waals surface area contributed by atoms with Crippen molar-refractivity contribution in [3.8, 4) is 0 Å². The van der Waals surface area contributed by atoms with Gasteiger partial charge in [-0.15, -0.1) is 24.0 Å². The van der Waals surface area contributed by atoms with E-state index in [0.717, 1.165) is 44.2 Å². The van der Waals surface area contributed by atoms with E-state index in [4.69, 9.17) is 0 Å². The fraction of sp³-hybridized carbons (Fsp3) is 0.391. The number of piperazine rings is 1. The van der Waals surface area contributed by atoms with Crippen molar-refractivity contribution in [2.24, 2.45) is 4.99 Å². The van der Waals surface area contributed by atoms with Crippen LogP contribution in [0.3, 0.4) is 0 Å². The van der Waals surface area contributed by atoms with E-state index in [0.29, 0.717) is 18.7 Å². The average molecular weight is 521 g/mol. The van der Waals surface area contributed by atoms with Gasteiger partial charge in [0.15, 0.2) is 5.96 Å². The van der Waals surface area contributed by atoms with Gasteiger partial charge in [0.2, 0.25) is 0 Å². The smallest absolute Gasteiger partial charge is 0.251 e. The molecular formula is C23H32IN5O. The number of nitrogens with one attached hydrogen (secondary N) is 2. The van der Waals surface area contributed by atoms with Crippen LogP contribution in [0.1, 0.15) is 28.4 Å². The molecule has 0 radical (unpaired) electrons. The summed E-state index contributed by atoms with van der Waals surface area (Å²) < 4.78 is 0. The van der Waals surface area contributed by atoms with Gasteiger partial charge in [-0.3, -0.25) is 14.7 Å². The van der Waals surface area contributed by atoms with Gasteiger partial charge >= 0.3 is 0 Å². The van der Waals surface area contributed by atoms with E-state index in [1.165, 1.54) is 5.56 Å². The topological polar surface area (TPSA) is 60.0 Å². The van der Waals surface area contributed by atoms with Gasteiger partial charge in [-0.1, -0.05) is 42.5 Å². The summed E-state index contributed by atoms with van der Waals surface area (Å²) >= 11 is 0. The van der Waals surface area contributed by atoms with Crippen molar-refractivity contribution in [1.82, 2.24) is 20.4 Å². The van der Waals surface area contributed by atoms with E-state index in [-0.39, 0.29) is 29.9 Å². The molecule has 6 nitrogen and oxygen atoms in total. The molecular weight excluding hydrogens is 489 g/mol.